The molecule has 1 aliphatic carbocycles. The number of ether oxygens (including phenoxy) is 1. The van der Waals surface area contributed by atoms with E-state index in [-0.39, 0.29) is 17.0 Å². The van der Waals surface area contributed by atoms with Gasteiger partial charge in [0.2, 0.25) is 10.0 Å². The Kier molecular flexibility index (Phi) is 5.29. The lowest BCUT2D eigenvalue weighted by molar-refractivity contribution is 0.268. The molecule has 0 saturated heterocycles. The lowest BCUT2D eigenvalue weighted by atomic mass is 9.92. The lowest BCUT2D eigenvalue weighted by Gasteiger charge is -2.33. The van der Waals surface area contributed by atoms with Gasteiger partial charge in [0.05, 0.1) is 7.11 Å². The minimum Gasteiger partial charge on any atom is -0.495 e. The predicted octanol–water partition coefficient (Wildman–Crippen LogP) is 2.35. The number of hydrogen-bond acceptors (Lipinski definition) is 4. The van der Waals surface area contributed by atoms with Crippen molar-refractivity contribution in [2.45, 2.75) is 42.7 Å². The van der Waals surface area contributed by atoms with Gasteiger partial charge < -0.3 is 10.5 Å². The van der Waals surface area contributed by atoms with Gasteiger partial charge >= 0.3 is 0 Å². The summed E-state index contributed by atoms with van der Waals surface area (Å²) in [6, 6.07) is 5.19. The molecule has 7 heteroatoms. The fraction of sp³-hybridized carbons (Fsp3) is 0.571. The Morgan fingerprint density at radius 1 is 1.29 bits per heavy atom. The first kappa shape index (κ1) is 16.7. The highest BCUT2D eigenvalue weighted by Gasteiger charge is 2.32. The van der Waals surface area contributed by atoms with E-state index in [0.29, 0.717) is 10.2 Å². The summed E-state index contributed by atoms with van der Waals surface area (Å²) in [4.78, 5) is 0.191. The van der Waals surface area contributed by atoms with Crippen LogP contribution in [-0.4, -0.2) is 39.0 Å². The van der Waals surface area contributed by atoms with Gasteiger partial charge in [0.15, 0.2) is 0 Å². The number of halogens is 1. The van der Waals surface area contributed by atoms with Crippen molar-refractivity contribution in [1.29, 1.82) is 0 Å². The predicted molar refractivity (Wildman–Crippen MR) is 85.9 cm³/mol. The van der Waals surface area contributed by atoms with Gasteiger partial charge in [-0.1, -0.05) is 15.9 Å². The summed E-state index contributed by atoms with van der Waals surface area (Å²) in [6.45, 7) is 0. The number of hydrogen-bond donors (Lipinski definition) is 1. The van der Waals surface area contributed by atoms with Crippen molar-refractivity contribution in [3.63, 3.8) is 0 Å². The summed E-state index contributed by atoms with van der Waals surface area (Å²) >= 11 is 3.32. The van der Waals surface area contributed by atoms with Crippen LogP contribution >= 0.6 is 15.9 Å². The Morgan fingerprint density at radius 3 is 2.48 bits per heavy atom. The molecule has 1 aromatic carbocycles. The molecule has 0 spiro atoms. The third-order valence-corrected chi connectivity index (χ3v) is 6.46. The zero-order chi connectivity index (χ0) is 15.6. The van der Waals surface area contributed by atoms with Crippen molar-refractivity contribution in [2.75, 3.05) is 14.2 Å². The number of nitrogens with two attached hydrogens (primary N) is 1. The summed E-state index contributed by atoms with van der Waals surface area (Å²) in [5, 5.41) is 0. The molecule has 1 fully saturated rings. The molecule has 0 aromatic heterocycles. The molecule has 0 bridgehead atoms. The second kappa shape index (κ2) is 6.64. The van der Waals surface area contributed by atoms with E-state index in [0.717, 1.165) is 25.7 Å². The molecule has 0 aliphatic heterocycles. The van der Waals surface area contributed by atoms with Gasteiger partial charge in [-0.2, -0.15) is 4.31 Å². The number of nitrogens with zero attached hydrogens (tertiary/aromatic N) is 1. The first-order valence-electron chi connectivity index (χ1n) is 6.93. The molecule has 0 heterocycles. The van der Waals surface area contributed by atoms with Gasteiger partial charge in [-0.3, -0.25) is 0 Å². The van der Waals surface area contributed by atoms with Crippen molar-refractivity contribution in [3.8, 4) is 5.75 Å². The topological polar surface area (TPSA) is 72.6 Å². The lowest BCUT2D eigenvalue weighted by Crippen LogP contribution is -2.41. The van der Waals surface area contributed by atoms with E-state index in [9.17, 15) is 8.42 Å². The van der Waals surface area contributed by atoms with Crippen molar-refractivity contribution >= 4 is 26.0 Å². The van der Waals surface area contributed by atoms with E-state index in [4.69, 9.17) is 10.5 Å². The third kappa shape index (κ3) is 3.59. The Balaban J connectivity index is 2.31. The van der Waals surface area contributed by atoms with Crippen molar-refractivity contribution in [2.24, 2.45) is 5.73 Å². The van der Waals surface area contributed by atoms with Gasteiger partial charge in [0.1, 0.15) is 10.6 Å². The molecule has 2 N–H and O–H groups in total. The van der Waals surface area contributed by atoms with Crippen molar-refractivity contribution in [3.05, 3.63) is 22.7 Å². The number of benzene rings is 1. The van der Waals surface area contributed by atoms with Crippen LogP contribution in [0.2, 0.25) is 0 Å². The Morgan fingerprint density at radius 2 is 1.90 bits per heavy atom. The standard InChI is InChI=1S/C14H21BrN2O3S/c1-17(12-6-4-11(16)5-7-12)21(18,19)14-9-10(15)3-8-13(14)20-2/h3,8-9,11-12H,4-7,16H2,1-2H3. The highest BCUT2D eigenvalue weighted by molar-refractivity contribution is 9.10. The minimum absolute atomic E-state index is 0.00140. The molecule has 5 nitrogen and oxygen atoms in total. The second-order valence-electron chi connectivity index (χ2n) is 5.39. The van der Waals surface area contributed by atoms with Crippen molar-refractivity contribution < 1.29 is 13.2 Å². The second-order valence-corrected chi connectivity index (χ2v) is 8.27. The fourth-order valence-corrected chi connectivity index (χ4v) is 4.78. The Hall–Kier alpha value is -0.630. The van der Waals surface area contributed by atoms with E-state index < -0.39 is 10.0 Å². The summed E-state index contributed by atoms with van der Waals surface area (Å²) < 4.78 is 33.0. The monoisotopic (exact) mass is 376 g/mol. The largest absolute Gasteiger partial charge is 0.495 e. The minimum atomic E-state index is -3.58. The van der Waals surface area contributed by atoms with Crippen LogP contribution in [0.25, 0.3) is 0 Å². The normalized spacial score (nSPS) is 23.3. The summed E-state index contributed by atoms with van der Waals surface area (Å²) in [5.74, 6) is 0.359. The molecular weight excluding hydrogens is 356 g/mol. The summed E-state index contributed by atoms with van der Waals surface area (Å²) in [7, 11) is -0.474. The van der Waals surface area contributed by atoms with Crippen LogP contribution in [0, 0.1) is 0 Å². The molecule has 1 aliphatic rings. The summed E-state index contributed by atoms with van der Waals surface area (Å²) in [5.41, 5.74) is 5.89. The maximum atomic E-state index is 12.8. The van der Waals surface area contributed by atoms with E-state index in [2.05, 4.69) is 15.9 Å². The quantitative estimate of drug-likeness (QED) is 0.874. The zero-order valence-electron chi connectivity index (χ0n) is 12.3. The Labute approximate surface area is 134 Å². The van der Waals surface area contributed by atoms with Crippen LogP contribution in [0.1, 0.15) is 25.7 Å². The maximum absolute atomic E-state index is 12.8. The highest BCUT2D eigenvalue weighted by atomic mass is 79.9. The summed E-state index contributed by atoms with van der Waals surface area (Å²) in [6.07, 6.45) is 3.32. The first-order valence-corrected chi connectivity index (χ1v) is 9.16. The third-order valence-electron chi connectivity index (χ3n) is 4.04. The van der Waals surface area contributed by atoms with Crippen LogP contribution < -0.4 is 10.5 Å². The maximum Gasteiger partial charge on any atom is 0.246 e. The SMILES string of the molecule is COc1ccc(Br)cc1S(=O)(=O)N(C)C1CCC(N)CC1. The van der Waals surface area contributed by atoms with E-state index >= 15 is 0 Å². The molecule has 0 unspecified atom stereocenters. The van der Waals surface area contributed by atoms with Gasteiger partial charge in [-0.05, 0) is 43.9 Å². The van der Waals surface area contributed by atoms with Crippen LogP contribution in [0.5, 0.6) is 5.75 Å². The van der Waals surface area contributed by atoms with Gasteiger partial charge in [0, 0.05) is 23.6 Å². The number of methoxy groups -OCH3 is 1. The molecule has 0 atom stereocenters. The molecule has 0 amide bonds. The van der Waals surface area contributed by atoms with Crippen LogP contribution in [0.15, 0.2) is 27.6 Å². The first-order chi connectivity index (χ1) is 9.86. The molecule has 0 radical (unpaired) electrons. The molecule has 21 heavy (non-hydrogen) atoms. The Bertz CT molecular complexity index is 598. The number of sulfonamides is 1. The molecular formula is C14H21BrN2O3S. The number of rotatable bonds is 4. The van der Waals surface area contributed by atoms with Gasteiger partial charge in [-0.15, -0.1) is 0 Å². The average Bonchev–Trinajstić information content (AvgIpc) is 2.47. The van der Waals surface area contributed by atoms with Crippen LogP contribution in [-0.2, 0) is 10.0 Å². The molecule has 1 saturated carbocycles. The molecule has 2 rings (SSSR count). The molecule has 118 valence electrons. The van der Waals surface area contributed by atoms with E-state index in [1.54, 1.807) is 25.2 Å². The van der Waals surface area contributed by atoms with E-state index in [1.807, 2.05) is 0 Å². The van der Waals surface area contributed by atoms with Gasteiger partial charge in [-0.25, -0.2) is 8.42 Å². The zero-order valence-corrected chi connectivity index (χ0v) is 14.7. The van der Waals surface area contributed by atoms with Crippen LogP contribution in [0.3, 0.4) is 0 Å². The van der Waals surface area contributed by atoms with Crippen LogP contribution in [0.4, 0.5) is 0 Å². The average molecular weight is 377 g/mol. The fourth-order valence-electron chi connectivity index (χ4n) is 2.67. The smallest absolute Gasteiger partial charge is 0.246 e. The van der Waals surface area contributed by atoms with Gasteiger partial charge in [0.25, 0.3) is 0 Å². The molecule has 1 aromatic rings. The van der Waals surface area contributed by atoms with E-state index in [1.165, 1.54) is 11.4 Å². The highest BCUT2D eigenvalue weighted by Crippen LogP contribution is 2.32. The van der Waals surface area contributed by atoms with Crippen molar-refractivity contribution in [1.82, 2.24) is 4.31 Å².